The average Bonchev–Trinajstić information content (AvgIpc) is 2.80. The molecule has 0 aromatic carbocycles. The number of hydrogen-bond donors (Lipinski definition) is 0. The Balaban J connectivity index is 0.00000228. The third-order valence-corrected chi connectivity index (χ3v) is 6.66. The Morgan fingerprint density at radius 2 is 0.944 bits per heavy atom. The fourth-order valence-electron chi connectivity index (χ4n) is 4.98. The topological polar surface area (TPSA) is 66.8 Å². The molecule has 0 N–H and O–H groups in total. The summed E-state index contributed by atoms with van der Waals surface area (Å²) in [7, 11) is 0. The number of nitrogens with zero attached hydrogens (tertiary/aromatic N) is 4. The Bertz CT molecular complexity index is 905. The van der Waals surface area contributed by atoms with Crippen molar-refractivity contribution in [2.24, 2.45) is 0 Å². The van der Waals surface area contributed by atoms with E-state index in [1.54, 1.807) is 0 Å². The Labute approximate surface area is 226 Å². The van der Waals surface area contributed by atoms with Crippen LogP contribution in [-0.4, -0.2) is 72.2 Å². The number of carbonyl (C=O) groups is 2. The molecule has 198 valence electrons. The summed E-state index contributed by atoms with van der Waals surface area (Å²) < 4.78 is 14.9. The lowest BCUT2D eigenvalue weighted by atomic mass is 10.1. The molecule has 0 radical (unpaired) electrons. The minimum Gasteiger partial charge on any atom is -1.00 e. The first-order valence-electron chi connectivity index (χ1n) is 12.1. The van der Waals surface area contributed by atoms with Crippen molar-refractivity contribution in [1.29, 1.82) is 0 Å². The van der Waals surface area contributed by atoms with Gasteiger partial charge in [-0.15, -0.1) is 0 Å². The number of amides is 2. The van der Waals surface area contributed by atoms with E-state index in [0.29, 0.717) is 39.5 Å². The maximum atomic E-state index is 12.8. The van der Waals surface area contributed by atoms with Gasteiger partial charge in [-0.05, 0) is 38.8 Å². The Morgan fingerprint density at radius 1 is 0.667 bits per heavy atom. The second kappa shape index (κ2) is 13.3. The molecule has 2 aromatic rings. The molecule has 2 aliphatic rings. The first-order valence-corrected chi connectivity index (χ1v) is 12.1. The van der Waals surface area contributed by atoms with Gasteiger partial charge < -0.3 is 44.1 Å². The van der Waals surface area contributed by atoms with E-state index in [9.17, 15) is 9.59 Å². The molecule has 4 unspecified atom stereocenters. The summed E-state index contributed by atoms with van der Waals surface area (Å²) in [4.78, 5) is 29.5. The van der Waals surface area contributed by atoms with Crippen molar-refractivity contribution in [2.45, 2.75) is 65.0 Å². The normalized spacial score (nSPS) is 23.9. The van der Waals surface area contributed by atoms with E-state index in [0.717, 1.165) is 11.1 Å². The van der Waals surface area contributed by atoms with Gasteiger partial charge in [0.05, 0.1) is 50.6 Å². The van der Waals surface area contributed by atoms with Gasteiger partial charge in [-0.1, -0.05) is 0 Å². The molecular weight excluding hydrogens is 503 g/mol. The Hall–Kier alpha value is -2.26. The summed E-state index contributed by atoms with van der Waals surface area (Å²) >= 11 is 0. The third kappa shape index (κ3) is 6.94. The lowest BCUT2D eigenvalue weighted by Crippen LogP contribution is -3.00. The number of pyridine rings is 2. The second-order valence-corrected chi connectivity index (χ2v) is 9.59. The third-order valence-electron chi connectivity index (χ3n) is 6.66. The first kappa shape index (κ1) is 30.0. The Kier molecular flexibility index (Phi) is 11.1. The van der Waals surface area contributed by atoms with Crippen LogP contribution in [0, 0.1) is 0 Å². The minimum absolute atomic E-state index is 0. The first-order chi connectivity index (χ1) is 16.3. The molecule has 8 nitrogen and oxygen atoms in total. The van der Waals surface area contributed by atoms with E-state index in [1.165, 1.54) is 0 Å². The van der Waals surface area contributed by atoms with E-state index < -0.39 is 0 Å². The van der Waals surface area contributed by atoms with Crippen LogP contribution in [-0.2, 0) is 32.2 Å². The molecule has 2 fully saturated rings. The van der Waals surface area contributed by atoms with Crippen LogP contribution in [0.15, 0.2) is 49.1 Å². The smallest absolute Gasteiger partial charge is 0.289 e. The van der Waals surface area contributed by atoms with Gasteiger partial charge in [0.25, 0.3) is 11.8 Å². The molecule has 0 bridgehead atoms. The highest BCUT2D eigenvalue weighted by atomic mass is 35.5. The predicted molar refractivity (Wildman–Crippen MR) is 125 cm³/mol. The van der Waals surface area contributed by atoms with Gasteiger partial charge in [0.1, 0.15) is 0 Å². The summed E-state index contributed by atoms with van der Waals surface area (Å²) in [5.74, 6) is 0.214. The molecule has 4 atom stereocenters. The quantitative estimate of drug-likeness (QED) is 0.358. The van der Waals surface area contributed by atoms with Gasteiger partial charge in [0, 0.05) is 24.3 Å². The highest BCUT2D eigenvalue weighted by Crippen LogP contribution is 2.17. The molecule has 0 saturated carbocycles. The number of aromatic nitrogens is 2. The maximum absolute atomic E-state index is 12.8. The molecule has 2 saturated heterocycles. The van der Waals surface area contributed by atoms with Crippen molar-refractivity contribution in [3.05, 3.63) is 49.1 Å². The molecule has 2 aliphatic heterocycles. The van der Waals surface area contributed by atoms with Gasteiger partial charge in [0.2, 0.25) is 13.1 Å². The van der Waals surface area contributed by atoms with Gasteiger partial charge in [-0.2, -0.15) is 9.13 Å². The fourth-order valence-corrected chi connectivity index (χ4v) is 4.98. The van der Waals surface area contributed by atoms with Crippen molar-refractivity contribution in [2.75, 3.05) is 26.4 Å². The molecule has 2 aromatic heterocycles. The van der Waals surface area contributed by atoms with E-state index in [4.69, 9.17) is 9.47 Å². The van der Waals surface area contributed by atoms with Crippen molar-refractivity contribution >= 4 is 11.8 Å². The van der Waals surface area contributed by atoms with Crippen molar-refractivity contribution < 1.29 is 53.0 Å². The molecule has 36 heavy (non-hydrogen) atoms. The number of hydrogen-bond acceptors (Lipinski definition) is 4. The monoisotopic (exact) mass is 538 g/mol. The van der Waals surface area contributed by atoms with Gasteiger partial charge in [-0.3, -0.25) is 9.59 Å². The number of carbonyl (C=O) groups excluding carboxylic acids is 2. The van der Waals surface area contributed by atoms with E-state index in [2.05, 4.69) is 0 Å². The number of morpholine rings is 2. The van der Waals surface area contributed by atoms with Gasteiger partial charge in [0.15, 0.2) is 24.8 Å². The largest absolute Gasteiger partial charge is 1.00 e. The van der Waals surface area contributed by atoms with Crippen LogP contribution in [0.4, 0.5) is 0 Å². The van der Waals surface area contributed by atoms with E-state index >= 15 is 0 Å². The molecule has 0 aliphatic carbocycles. The molecule has 4 rings (SSSR count). The van der Waals surface area contributed by atoms with Crippen molar-refractivity contribution in [3.63, 3.8) is 0 Å². The maximum Gasteiger partial charge on any atom is 0.289 e. The highest BCUT2D eigenvalue weighted by Gasteiger charge is 2.32. The molecule has 2 amide bonds. The second-order valence-electron chi connectivity index (χ2n) is 9.59. The standard InChI is InChI=1S/C26H36N4O4.2ClH/c1-19-15-33-16-20(2)29(19)25(31)13-27-9-5-23(6-10-27)24-7-11-28(12-8-24)14-26(32)30-21(3)17-34-18-22(30)4;;/h5-12,19-22H,13-18H2,1-4H3;2*1H/q+2;;/p-2. The SMILES string of the molecule is CC1COCC(C)N1C(=O)C[n+]1ccc(-c2cc[n+](CC(=O)N3C(C)COCC3C)cc2)cc1.[Cl-].[Cl-]. The minimum atomic E-state index is 0. The van der Waals surface area contributed by atoms with Crippen LogP contribution in [0.25, 0.3) is 11.1 Å². The summed E-state index contributed by atoms with van der Waals surface area (Å²) in [6, 6.07) is 8.43. The van der Waals surface area contributed by atoms with Gasteiger partial charge >= 0.3 is 0 Å². The zero-order valence-corrected chi connectivity index (χ0v) is 22.9. The lowest BCUT2D eigenvalue weighted by molar-refractivity contribution is -0.685. The summed E-state index contributed by atoms with van der Waals surface area (Å²) in [5, 5.41) is 0. The molecule has 0 spiro atoms. The molecule has 4 heterocycles. The Morgan fingerprint density at radius 3 is 1.22 bits per heavy atom. The average molecular weight is 540 g/mol. The van der Waals surface area contributed by atoms with Crippen LogP contribution in [0.5, 0.6) is 0 Å². The van der Waals surface area contributed by atoms with Crippen LogP contribution >= 0.6 is 0 Å². The van der Waals surface area contributed by atoms with Crippen molar-refractivity contribution in [1.82, 2.24) is 9.80 Å². The van der Waals surface area contributed by atoms with Gasteiger partial charge in [-0.25, -0.2) is 0 Å². The van der Waals surface area contributed by atoms with Crippen molar-refractivity contribution in [3.8, 4) is 11.1 Å². The number of ether oxygens (including phenoxy) is 2. The van der Waals surface area contributed by atoms with Crippen LogP contribution < -0.4 is 33.9 Å². The predicted octanol–water partition coefficient (Wildman–Crippen LogP) is -4.79. The summed E-state index contributed by atoms with van der Waals surface area (Å²) in [6.45, 7) is 11.1. The molecule has 10 heteroatoms. The number of halogens is 2. The van der Waals surface area contributed by atoms with Crippen LogP contribution in [0.2, 0.25) is 0 Å². The lowest BCUT2D eigenvalue weighted by Gasteiger charge is -2.38. The fraction of sp³-hybridized carbons (Fsp3) is 0.538. The van der Waals surface area contributed by atoms with E-state index in [-0.39, 0.29) is 60.8 Å². The van der Waals surface area contributed by atoms with Crippen LogP contribution in [0.3, 0.4) is 0 Å². The summed E-state index contributed by atoms with van der Waals surface area (Å²) in [5.41, 5.74) is 2.12. The zero-order valence-electron chi connectivity index (χ0n) is 21.3. The highest BCUT2D eigenvalue weighted by molar-refractivity contribution is 5.76. The summed E-state index contributed by atoms with van der Waals surface area (Å²) in [6.07, 6.45) is 7.76. The zero-order chi connectivity index (χ0) is 24.2. The number of rotatable bonds is 5. The van der Waals surface area contributed by atoms with E-state index in [1.807, 2.05) is 95.7 Å². The molecular formula is C26H36Cl2N4O4. The van der Waals surface area contributed by atoms with Crippen LogP contribution in [0.1, 0.15) is 27.7 Å².